The maximum Gasteiger partial charge on any atom is 0.490 e. The third-order valence-corrected chi connectivity index (χ3v) is 4.53. The molecule has 0 bridgehead atoms. The molecule has 0 aliphatic heterocycles. The van der Waals surface area contributed by atoms with E-state index < -0.39 is 18.2 Å². The Bertz CT molecular complexity index is 661. The second kappa shape index (κ2) is 12.8. The van der Waals surface area contributed by atoms with Gasteiger partial charge in [0, 0.05) is 37.8 Å². The lowest BCUT2D eigenvalue weighted by Crippen LogP contribution is -2.49. The predicted molar refractivity (Wildman–Crippen MR) is 101 cm³/mol. The van der Waals surface area contributed by atoms with Crippen LogP contribution < -0.4 is 16.4 Å². The van der Waals surface area contributed by atoms with Crippen molar-refractivity contribution in [1.82, 2.24) is 20.6 Å². The average molecular weight is 435 g/mol. The summed E-state index contributed by atoms with van der Waals surface area (Å²) in [6.45, 7) is 0.956. The molecule has 0 spiro atoms. The van der Waals surface area contributed by atoms with Crippen LogP contribution in [0.4, 0.5) is 13.2 Å². The van der Waals surface area contributed by atoms with Crippen LogP contribution in [0.2, 0.25) is 0 Å². The molecule has 12 heteroatoms. The summed E-state index contributed by atoms with van der Waals surface area (Å²) in [5, 5.41) is 12.9. The summed E-state index contributed by atoms with van der Waals surface area (Å²) in [6.07, 6.45) is 4.88. The summed E-state index contributed by atoms with van der Waals surface area (Å²) in [7, 11) is 0. The molecule has 0 aromatic carbocycles. The number of halogens is 3. The van der Waals surface area contributed by atoms with Crippen molar-refractivity contribution >= 4 is 17.8 Å². The molecule has 1 atom stereocenters. The quantitative estimate of drug-likeness (QED) is 0.413. The molecule has 6 N–H and O–H groups in total. The Labute approximate surface area is 172 Å². The molecule has 1 aromatic rings. The number of carbonyl (C=O) groups excluding carboxylic acids is 2. The van der Waals surface area contributed by atoms with Crippen molar-refractivity contribution in [3.63, 3.8) is 0 Å². The fourth-order valence-corrected chi connectivity index (χ4v) is 2.98. The Morgan fingerprint density at radius 3 is 2.40 bits per heavy atom. The second-order valence-corrected chi connectivity index (χ2v) is 6.99. The van der Waals surface area contributed by atoms with Crippen LogP contribution in [0.15, 0.2) is 12.5 Å². The molecule has 0 radical (unpaired) electrons. The number of carbonyl (C=O) groups is 3. The molecule has 1 saturated carbocycles. The lowest BCUT2D eigenvalue weighted by molar-refractivity contribution is -0.192. The van der Waals surface area contributed by atoms with Crippen LogP contribution in [0.25, 0.3) is 0 Å². The van der Waals surface area contributed by atoms with Crippen LogP contribution in [0.3, 0.4) is 0 Å². The summed E-state index contributed by atoms with van der Waals surface area (Å²) >= 11 is 0. The number of aliphatic carboxylic acids is 1. The van der Waals surface area contributed by atoms with Gasteiger partial charge >= 0.3 is 12.1 Å². The minimum absolute atomic E-state index is 0.143. The van der Waals surface area contributed by atoms with Crippen molar-refractivity contribution in [1.29, 1.82) is 0 Å². The van der Waals surface area contributed by atoms with Gasteiger partial charge in [0.25, 0.3) is 0 Å². The van der Waals surface area contributed by atoms with Crippen molar-refractivity contribution in [2.75, 3.05) is 13.1 Å². The summed E-state index contributed by atoms with van der Waals surface area (Å²) in [5.41, 5.74) is 6.21. The molecule has 1 fully saturated rings. The molecule has 2 rings (SSSR count). The first-order valence-corrected chi connectivity index (χ1v) is 9.68. The standard InChI is InChI=1S/C16H27N5O2.C2HF3O2/c17-7-6-15(22)21-14(8-13-10-18-11-20-13)16(23)19-9-12-4-2-1-3-5-12;3-2(4,5)1(6)7/h10-12,14H,1-9,17H2,(H,18,20)(H,19,23)(H,21,22);(H,6,7)/t14-;/m0./s1. The van der Waals surface area contributed by atoms with E-state index in [4.69, 9.17) is 15.6 Å². The number of nitrogens with zero attached hydrogens (tertiary/aromatic N) is 1. The first kappa shape index (κ1) is 25.4. The molecule has 0 unspecified atom stereocenters. The van der Waals surface area contributed by atoms with E-state index in [2.05, 4.69) is 20.6 Å². The van der Waals surface area contributed by atoms with Crippen molar-refractivity contribution in [3.8, 4) is 0 Å². The molecule has 0 saturated heterocycles. The van der Waals surface area contributed by atoms with E-state index in [9.17, 15) is 22.8 Å². The number of H-pyrrole nitrogens is 1. The van der Waals surface area contributed by atoms with Gasteiger partial charge in [0.15, 0.2) is 0 Å². The zero-order valence-corrected chi connectivity index (χ0v) is 16.5. The van der Waals surface area contributed by atoms with E-state index in [1.807, 2.05) is 0 Å². The van der Waals surface area contributed by atoms with Gasteiger partial charge in [-0.3, -0.25) is 9.59 Å². The number of alkyl halides is 3. The molecule has 1 aromatic heterocycles. The summed E-state index contributed by atoms with van der Waals surface area (Å²) < 4.78 is 31.7. The van der Waals surface area contributed by atoms with Crippen LogP contribution in [0, 0.1) is 5.92 Å². The summed E-state index contributed by atoms with van der Waals surface area (Å²) in [6, 6.07) is -0.599. The first-order chi connectivity index (χ1) is 14.1. The SMILES string of the molecule is NCCC(=O)N[C@@H](Cc1cnc[nH]1)C(=O)NCC1CCCCC1.O=C(O)C(F)(F)F. The van der Waals surface area contributed by atoms with Gasteiger partial charge < -0.3 is 26.5 Å². The topological polar surface area (TPSA) is 150 Å². The largest absolute Gasteiger partial charge is 0.490 e. The third kappa shape index (κ3) is 10.2. The maximum atomic E-state index is 12.5. The molecule has 1 aliphatic carbocycles. The van der Waals surface area contributed by atoms with E-state index in [1.165, 1.54) is 32.1 Å². The number of aromatic amines is 1. The molecular formula is C18H28F3N5O4. The summed E-state index contributed by atoms with van der Waals surface area (Å²) in [4.78, 5) is 40.1. The van der Waals surface area contributed by atoms with Crippen LogP contribution >= 0.6 is 0 Å². The van der Waals surface area contributed by atoms with Gasteiger partial charge in [0.05, 0.1) is 6.33 Å². The Morgan fingerprint density at radius 1 is 1.27 bits per heavy atom. The number of carboxylic acid groups (broad SMARTS) is 1. The first-order valence-electron chi connectivity index (χ1n) is 9.68. The molecule has 9 nitrogen and oxygen atoms in total. The summed E-state index contributed by atoms with van der Waals surface area (Å²) in [5.74, 6) is -2.55. The van der Waals surface area contributed by atoms with Crippen LogP contribution in [0.1, 0.15) is 44.2 Å². The van der Waals surface area contributed by atoms with Gasteiger partial charge in [-0.05, 0) is 18.8 Å². The van der Waals surface area contributed by atoms with Gasteiger partial charge in [-0.1, -0.05) is 19.3 Å². The van der Waals surface area contributed by atoms with E-state index in [1.54, 1.807) is 12.5 Å². The molecule has 1 aliphatic rings. The van der Waals surface area contributed by atoms with Gasteiger partial charge in [-0.15, -0.1) is 0 Å². The Balaban J connectivity index is 0.000000553. The van der Waals surface area contributed by atoms with Gasteiger partial charge in [0.2, 0.25) is 11.8 Å². The van der Waals surface area contributed by atoms with Crippen molar-refractivity contribution < 1.29 is 32.7 Å². The Hall–Kier alpha value is -2.63. The van der Waals surface area contributed by atoms with Crippen molar-refractivity contribution in [3.05, 3.63) is 18.2 Å². The lowest BCUT2D eigenvalue weighted by Gasteiger charge is -2.24. The number of aromatic nitrogens is 2. The molecule has 170 valence electrons. The Morgan fingerprint density at radius 2 is 1.90 bits per heavy atom. The highest BCUT2D eigenvalue weighted by molar-refractivity contribution is 5.87. The average Bonchev–Trinajstić information content (AvgIpc) is 3.19. The second-order valence-electron chi connectivity index (χ2n) is 6.99. The zero-order chi connectivity index (χ0) is 22.6. The van der Waals surface area contributed by atoms with Crippen LogP contribution in [-0.2, 0) is 20.8 Å². The molecule has 1 heterocycles. The smallest absolute Gasteiger partial charge is 0.475 e. The number of nitrogens with one attached hydrogen (secondary N) is 3. The van der Waals surface area contributed by atoms with Crippen LogP contribution in [0.5, 0.6) is 0 Å². The third-order valence-electron chi connectivity index (χ3n) is 4.53. The molecular weight excluding hydrogens is 407 g/mol. The fourth-order valence-electron chi connectivity index (χ4n) is 2.98. The fraction of sp³-hybridized carbons (Fsp3) is 0.667. The van der Waals surface area contributed by atoms with E-state index in [0.29, 0.717) is 18.9 Å². The maximum absolute atomic E-state index is 12.5. The minimum atomic E-state index is -5.08. The van der Waals surface area contributed by atoms with Crippen LogP contribution in [-0.4, -0.2) is 58.2 Å². The van der Waals surface area contributed by atoms with Crippen molar-refractivity contribution in [2.24, 2.45) is 11.7 Å². The lowest BCUT2D eigenvalue weighted by atomic mass is 9.89. The van der Waals surface area contributed by atoms with E-state index in [-0.39, 0.29) is 24.8 Å². The number of carboxylic acids is 1. The predicted octanol–water partition coefficient (Wildman–Crippen LogP) is 1.12. The number of hydrogen-bond donors (Lipinski definition) is 5. The highest BCUT2D eigenvalue weighted by atomic mass is 19.4. The highest BCUT2D eigenvalue weighted by Gasteiger charge is 2.38. The van der Waals surface area contributed by atoms with Gasteiger partial charge in [0.1, 0.15) is 6.04 Å². The van der Waals surface area contributed by atoms with Gasteiger partial charge in [-0.25, -0.2) is 9.78 Å². The van der Waals surface area contributed by atoms with Crippen molar-refractivity contribution in [2.45, 2.75) is 57.2 Å². The number of amides is 2. The molecule has 30 heavy (non-hydrogen) atoms. The molecule has 2 amide bonds. The number of hydrogen-bond acceptors (Lipinski definition) is 5. The van der Waals surface area contributed by atoms with E-state index in [0.717, 1.165) is 5.69 Å². The highest BCUT2D eigenvalue weighted by Crippen LogP contribution is 2.22. The number of imidazole rings is 1. The van der Waals surface area contributed by atoms with Gasteiger partial charge in [-0.2, -0.15) is 13.2 Å². The monoisotopic (exact) mass is 435 g/mol. The minimum Gasteiger partial charge on any atom is -0.475 e. The zero-order valence-electron chi connectivity index (χ0n) is 16.5. The number of rotatable bonds is 8. The number of nitrogens with two attached hydrogens (primary N) is 1. The Kier molecular flexibility index (Phi) is 10.9. The normalized spacial score (nSPS) is 15.5. The van der Waals surface area contributed by atoms with E-state index >= 15 is 0 Å².